The van der Waals surface area contributed by atoms with Gasteiger partial charge in [0.1, 0.15) is 5.75 Å². The van der Waals surface area contributed by atoms with E-state index in [1.54, 1.807) is 18.2 Å². The Morgan fingerprint density at radius 1 is 1.18 bits per heavy atom. The molecule has 1 N–H and O–H groups in total. The van der Waals surface area contributed by atoms with Crippen LogP contribution in [0.15, 0.2) is 47.4 Å². The van der Waals surface area contributed by atoms with Gasteiger partial charge in [-0.25, -0.2) is 8.42 Å². The molecule has 22 heavy (non-hydrogen) atoms. The van der Waals surface area contributed by atoms with E-state index in [0.717, 1.165) is 11.0 Å². The molecule has 1 aliphatic rings. The van der Waals surface area contributed by atoms with Crippen LogP contribution >= 0.6 is 0 Å². The van der Waals surface area contributed by atoms with E-state index in [-0.39, 0.29) is 11.8 Å². The van der Waals surface area contributed by atoms with Crippen LogP contribution in [0.3, 0.4) is 0 Å². The van der Waals surface area contributed by atoms with Crippen LogP contribution in [0.5, 0.6) is 5.75 Å². The molecule has 2 aromatic rings. The Kier molecular flexibility index (Phi) is 3.84. The normalized spacial score (nSPS) is 13.8. The molecule has 0 atom stereocenters. The lowest BCUT2D eigenvalue weighted by atomic mass is 9.64. The minimum atomic E-state index is -3.62. The number of fused-ring (bicyclic) bond motifs is 1. The molecule has 3 rings (SSSR count). The van der Waals surface area contributed by atoms with Gasteiger partial charge in [-0.1, -0.05) is 12.9 Å². The fourth-order valence-corrected chi connectivity index (χ4v) is 3.49. The number of benzene rings is 2. The summed E-state index contributed by atoms with van der Waals surface area (Å²) in [6.45, 7) is 2.51. The third kappa shape index (κ3) is 2.82. The number of sulfonamides is 1. The van der Waals surface area contributed by atoms with E-state index in [9.17, 15) is 8.42 Å². The summed E-state index contributed by atoms with van der Waals surface area (Å²) >= 11 is 0. The van der Waals surface area contributed by atoms with Crippen LogP contribution in [0.1, 0.15) is 5.56 Å². The summed E-state index contributed by atoms with van der Waals surface area (Å²) < 4.78 is 38.0. The summed E-state index contributed by atoms with van der Waals surface area (Å²) in [4.78, 5) is 0.193. The average Bonchev–Trinajstić information content (AvgIpc) is 2.88. The highest BCUT2D eigenvalue weighted by Crippen LogP contribution is 2.20. The Balaban J connectivity index is 1.86. The van der Waals surface area contributed by atoms with Gasteiger partial charge in [-0.05, 0) is 47.4 Å². The maximum atomic E-state index is 12.4. The Bertz CT molecular complexity index is 790. The molecule has 2 aromatic carbocycles. The molecule has 0 fully saturated rings. The molecular weight excluding hydrogens is 301 g/mol. The van der Waals surface area contributed by atoms with Crippen molar-refractivity contribution in [3.8, 4) is 5.75 Å². The molecule has 7 heteroatoms. The van der Waals surface area contributed by atoms with Gasteiger partial charge in [0.25, 0.3) is 10.0 Å². The van der Waals surface area contributed by atoms with Crippen molar-refractivity contribution in [2.24, 2.45) is 0 Å². The standard InChI is InChI=1S/C15H16BNO4S/c1-16-15-9-12(4-3-11(15)10-21-16)17-22(18,19)14-7-5-13(20-2)6-8-14/h3-9,17H,10H2,1-2H3. The maximum Gasteiger partial charge on any atom is 0.324 e. The third-order valence-corrected chi connectivity index (χ3v) is 5.09. The van der Waals surface area contributed by atoms with Crippen molar-refractivity contribution < 1.29 is 17.8 Å². The molecule has 0 aromatic heterocycles. The van der Waals surface area contributed by atoms with Crippen molar-refractivity contribution >= 4 is 28.1 Å². The summed E-state index contributed by atoms with van der Waals surface area (Å²) in [5.41, 5.74) is 2.65. The summed E-state index contributed by atoms with van der Waals surface area (Å²) in [5.74, 6) is 0.613. The highest BCUT2D eigenvalue weighted by atomic mass is 32.2. The number of anilines is 1. The minimum absolute atomic E-state index is 0.0135. The first-order valence-corrected chi connectivity index (χ1v) is 8.39. The van der Waals surface area contributed by atoms with Crippen LogP contribution in [0, 0.1) is 0 Å². The smallest absolute Gasteiger partial charge is 0.324 e. The van der Waals surface area contributed by atoms with Gasteiger partial charge in [-0.15, -0.1) is 0 Å². The molecule has 0 spiro atoms. The number of hydrogen-bond donors (Lipinski definition) is 1. The second-order valence-electron chi connectivity index (χ2n) is 5.15. The number of ether oxygens (including phenoxy) is 1. The van der Waals surface area contributed by atoms with Crippen molar-refractivity contribution in [2.75, 3.05) is 11.8 Å². The molecule has 0 saturated heterocycles. The largest absolute Gasteiger partial charge is 0.497 e. The zero-order valence-electron chi connectivity index (χ0n) is 12.4. The zero-order chi connectivity index (χ0) is 15.7. The molecule has 0 aliphatic carbocycles. The van der Waals surface area contributed by atoms with Gasteiger partial charge in [-0.2, -0.15) is 0 Å². The fourth-order valence-electron chi connectivity index (χ4n) is 2.44. The van der Waals surface area contributed by atoms with Gasteiger partial charge in [0.05, 0.1) is 18.6 Å². The molecule has 5 nitrogen and oxygen atoms in total. The van der Waals surface area contributed by atoms with Crippen LogP contribution in [-0.4, -0.2) is 22.4 Å². The van der Waals surface area contributed by atoms with E-state index in [0.29, 0.717) is 18.0 Å². The minimum Gasteiger partial charge on any atom is -0.497 e. The van der Waals surface area contributed by atoms with Crippen LogP contribution in [0.4, 0.5) is 5.69 Å². The number of methoxy groups -OCH3 is 1. The van der Waals surface area contributed by atoms with E-state index in [2.05, 4.69) is 4.72 Å². The third-order valence-electron chi connectivity index (χ3n) is 3.69. The maximum absolute atomic E-state index is 12.4. The first-order chi connectivity index (χ1) is 10.5. The Hall–Kier alpha value is -1.99. The van der Waals surface area contributed by atoms with Gasteiger partial charge in [0, 0.05) is 5.69 Å². The number of nitrogens with one attached hydrogen (secondary N) is 1. The van der Waals surface area contributed by atoms with Gasteiger partial charge in [0.2, 0.25) is 0 Å². The molecular formula is C15H16BNO4S. The predicted octanol–water partition coefficient (Wildman–Crippen LogP) is 1.85. The molecule has 114 valence electrons. The lowest BCUT2D eigenvalue weighted by molar-refractivity contribution is 0.333. The van der Waals surface area contributed by atoms with Crippen molar-refractivity contribution in [1.29, 1.82) is 0 Å². The van der Waals surface area contributed by atoms with Crippen molar-refractivity contribution in [1.82, 2.24) is 0 Å². The predicted molar refractivity (Wildman–Crippen MR) is 86.3 cm³/mol. The average molecular weight is 317 g/mol. The van der Waals surface area contributed by atoms with Gasteiger partial charge in [0.15, 0.2) is 0 Å². The summed E-state index contributed by atoms with van der Waals surface area (Å²) in [5, 5.41) is 0. The molecule has 0 bridgehead atoms. The molecule has 0 amide bonds. The van der Waals surface area contributed by atoms with Gasteiger partial charge in [-0.3, -0.25) is 4.72 Å². The summed E-state index contributed by atoms with van der Waals surface area (Å²) in [6.07, 6.45) is 0. The topological polar surface area (TPSA) is 64.6 Å². The van der Waals surface area contributed by atoms with Gasteiger partial charge >= 0.3 is 6.92 Å². The Labute approximate surface area is 130 Å². The molecule has 1 aliphatic heterocycles. The van der Waals surface area contributed by atoms with Crippen LogP contribution in [0.2, 0.25) is 6.82 Å². The van der Waals surface area contributed by atoms with E-state index in [1.807, 2.05) is 19.0 Å². The van der Waals surface area contributed by atoms with Crippen LogP contribution in [0.25, 0.3) is 0 Å². The van der Waals surface area contributed by atoms with E-state index in [1.165, 1.54) is 19.2 Å². The fraction of sp³-hybridized carbons (Fsp3) is 0.200. The Morgan fingerprint density at radius 2 is 1.91 bits per heavy atom. The Morgan fingerprint density at radius 3 is 2.59 bits per heavy atom. The lowest BCUT2D eigenvalue weighted by Crippen LogP contribution is -2.25. The SMILES string of the molecule is COc1ccc(S(=O)(=O)Nc2ccc3c(c2)B(C)OC3)cc1. The summed E-state index contributed by atoms with van der Waals surface area (Å²) in [6, 6.07) is 11.7. The van der Waals surface area contributed by atoms with Crippen LogP contribution < -0.4 is 14.9 Å². The number of rotatable bonds is 4. The lowest BCUT2D eigenvalue weighted by Gasteiger charge is -2.10. The second-order valence-corrected chi connectivity index (χ2v) is 6.83. The second kappa shape index (κ2) is 5.66. The molecule has 0 saturated carbocycles. The zero-order valence-corrected chi connectivity index (χ0v) is 13.2. The van der Waals surface area contributed by atoms with E-state index in [4.69, 9.17) is 9.39 Å². The molecule has 0 radical (unpaired) electrons. The van der Waals surface area contributed by atoms with E-state index >= 15 is 0 Å². The highest BCUT2D eigenvalue weighted by Gasteiger charge is 2.24. The first-order valence-electron chi connectivity index (χ1n) is 6.91. The monoisotopic (exact) mass is 317 g/mol. The first kappa shape index (κ1) is 14.9. The van der Waals surface area contributed by atoms with Crippen molar-refractivity contribution in [3.05, 3.63) is 48.0 Å². The van der Waals surface area contributed by atoms with Crippen LogP contribution in [-0.2, 0) is 21.3 Å². The van der Waals surface area contributed by atoms with Crippen molar-refractivity contribution in [2.45, 2.75) is 18.3 Å². The van der Waals surface area contributed by atoms with Gasteiger partial charge < -0.3 is 9.39 Å². The highest BCUT2D eigenvalue weighted by molar-refractivity contribution is 7.92. The molecule has 1 heterocycles. The number of hydrogen-bond acceptors (Lipinski definition) is 4. The quantitative estimate of drug-likeness (QED) is 0.874. The molecule has 0 unspecified atom stereocenters. The van der Waals surface area contributed by atoms with Crippen molar-refractivity contribution in [3.63, 3.8) is 0 Å². The van der Waals surface area contributed by atoms with E-state index < -0.39 is 10.0 Å². The summed E-state index contributed by atoms with van der Waals surface area (Å²) in [7, 11) is -2.08.